The molecule has 0 unspecified atom stereocenters. The van der Waals surface area contributed by atoms with Crippen molar-refractivity contribution in [3.05, 3.63) is 29.8 Å². The number of β-lactam (4-membered cyclic amide) rings is 1. The van der Waals surface area contributed by atoms with E-state index in [-0.39, 0.29) is 11.7 Å². The van der Waals surface area contributed by atoms with Crippen molar-refractivity contribution in [2.75, 3.05) is 52.4 Å². The van der Waals surface area contributed by atoms with Crippen molar-refractivity contribution in [2.24, 2.45) is 0 Å². The monoisotopic (exact) mass is 466 g/mol. The summed E-state index contributed by atoms with van der Waals surface area (Å²) in [6.45, 7) is 8.34. The highest BCUT2D eigenvalue weighted by Gasteiger charge is 2.17. The number of Topliss-reactive ketones (excluding diaryl/α,β-unsaturated/α-hetero) is 1. The van der Waals surface area contributed by atoms with E-state index in [0.717, 1.165) is 37.6 Å². The highest BCUT2D eigenvalue weighted by atomic mass is 16.5. The topological polar surface area (TPSA) is 102 Å². The van der Waals surface area contributed by atoms with E-state index in [1.54, 1.807) is 4.90 Å². The number of anilines is 1. The highest BCUT2D eigenvalue weighted by molar-refractivity contribution is 5.81. The van der Waals surface area contributed by atoms with Gasteiger partial charge in [0, 0.05) is 52.0 Å². The Balaban J connectivity index is 0. The van der Waals surface area contributed by atoms with E-state index in [1.165, 1.54) is 12.5 Å². The van der Waals surface area contributed by atoms with Gasteiger partial charge in [0.05, 0.1) is 26.4 Å². The normalized spacial score (nSPS) is 11.3. The van der Waals surface area contributed by atoms with Gasteiger partial charge in [0.15, 0.2) is 0 Å². The first-order valence-electron chi connectivity index (χ1n) is 11.5. The first-order chi connectivity index (χ1) is 15.9. The van der Waals surface area contributed by atoms with Gasteiger partial charge in [-0.1, -0.05) is 26.0 Å². The minimum atomic E-state index is 0.127. The van der Waals surface area contributed by atoms with Gasteiger partial charge >= 0.3 is 0 Å². The van der Waals surface area contributed by atoms with Crippen LogP contribution in [0.1, 0.15) is 52.0 Å². The van der Waals surface area contributed by atoms with E-state index in [1.807, 2.05) is 52.2 Å². The van der Waals surface area contributed by atoms with E-state index >= 15 is 0 Å². The lowest BCUT2D eigenvalue weighted by atomic mass is 10.1. The van der Waals surface area contributed by atoms with Crippen molar-refractivity contribution in [1.29, 1.82) is 0 Å². The molecule has 1 heterocycles. The molecule has 0 radical (unpaired) electrons. The molecule has 1 amide bonds. The van der Waals surface area contributed by atoms with Crippen molar-refractivity contribution in [1.82, 2.24) is 4.90 Å². The molecule has 0 atom stereocenters. The Morgan fingerprint density at radius 2 is 1.55 bits per heavy atom. The molecular weight excluding hydrogens is 424 g/mol. The largest absolute Gasteiger partial charge is 0.388 e. The molecular formula is C25H42N2O6. The standard InChI is InChI=1S/C10H13NO.C9H16O4.C4H7NO.C2H6/c1-11-10-6-4-9(5-7-10)3-2-8-12;1-9(11)3-6-13-8-7-12-5-2-4-10;1-5-3-2-4(5)6;1-2/h4-8,11H,2-3H2,1H3;4H,2-3,5-8H2,1H3;2-3H2,1H3;1-2H3. The van der Waals surface area contributed by atoms with Crippen molar-refractivity contribution in [2.45, 2.75) is 52.9 Å². The second-order valence-corrected chi connectivity index (χ2v) is 6.85. The lowest BCUT2D eigenvalue weighted by Gasteiger charge is -2.24. The number of aryl methyl sites for hydroxylation is 1. The van der Waals surface area contributed by atoms with Crippen LogP contribution in [0.4, 0.5) is 5.69 Å². The van der Waals surface area contributed by atoms with Crippen LogP contribution < -0.4 is 5.32 Å². The number of aldehydes is 2. The molecule has 1 fully saturated rings. The summed E-state index contributed by atoms with van der Waals surface area (Å²) in [7, 11) is 3.70. The Hall–Kier alpha value is -2.58. The second kappa shape index (κ2) is 24.1. The molecule has 8 heteroatoms. The second-order valence-electron chi connectivity index (χ2n) is 6.85. The van der Waals surface area contributed by atoms with Gasteiger partial charge in [0.1, 0.15) is 18.4 Å². The van der Waals surface area contributed by atoms with Gasteiger partial charge in [-0.15, -0.1) is 0 Å². The van der Waals surface area contributed by atoms with Crippen LogP contribution in [0.3, 0.4) is 0 Å². The van der Waals surface area contributed by atoms with E-state index in [0.29, 0.717) is 45.7 Å². The average Bonchev–Trinajstić information content (AvgIpc) is 2.85. The van der Waals surface area contributed by atoms with E-state index < -0.39 is 0 Å². The molecule has 0 aromatic heterocycles. The van der Waals surface area contributed by atoms with Crippen molar-refractivity contribution >= 4 is 30.0 Å². The van der Waals surface area contributed by atoms with Gasteiger partial charge in [0.2, 0.25) is 5.91 Å². The predicted octanol–water partition coefficient (Wildman–Crippen LogP) is 3.32. The van der Waals surface area contributed by atoms with E-state index in [9.17, 15) is 19.2 Å². The molecule has 1 N–H and O–H groups in total. The van der Waals surface area contributed by atoms with Crippen LogP contribution in [0.2, 0.25) is 0 Å². The molecule has 1 aromatic rings. The maximum Gasteiger partial charge on any atom is 0.224 e. The summed E-state index contributed by atoms with van der Waals surface area (Å²) < 4.78 is 10.1. The van der Waals surface area contributed by atoms with Gasteiger partial charge in [-0.05, 0) is 31.0 Å². The van der Waals surface area contributed by atoms with Gasteiger partial charge in [-0.2, -0.15) is 0 Å². The van der Waals surface area contributed by atoms with Crippen LogP contribution >= 0.6 is 0 Å². The number of ketones is 1. The fourth-order valence-corrected chi connectivity index (χ4v) is 2.16. The molecule has 0 spiro atoms. The van der Waals surface area contributed by atoms with Crippen molar-refractivity contribution < 1.29 is 28.7 Å². The zero-order chi connectivity index (χ0) is 25.3. The molecule has 0 bridgehead atoms. The fourth-order valence-electron chi connectivity index (χ4n) is 2.16. The molecule has 1 aliphatic heterocycles. The third-order valence-electron chi connectivity index (χ3n) is 4.23. The van der Waals surface area contributed by atoms with Crippen LogP contribution in [-0.2, 0) is 35.1 Å². The molecule has 1 aliphatic rings. The lowest BCUT2D eigenvalue weighted by molar-refractivity contribution is -0.137. The van der Waals surface area contributed by atoms with Crippen LogP contribution in [0.25, 0.3) is 0 Å². The Bertz CT molecular complexity index is 634. The summed E-state index contributed by atoms with van der Waals surface area (Å²) in [5, 5.41) is 3.04. The Kier molecular flexibility index (Phi) is 23.8. The van der Waals surface area contributed by atoms with Crippen LogP contribution in [-0.4, -0.2) is 76.2 Å². The summed E-state index contributed by atoms with van der Waals surface area (Å²) in [4.78, 5) is 42.3. The third kappa shape index (κ3) is 21.0. The Labute approximate surface area is 199 Å². The minimum Gasteiger partial charge on any atom is -0.388 e. The Morgan fingerprint density at radius 3 is 1.94 bits per heavy atom. The van der Waals surface area contributed by atoms with E-state index in [4.69, 9.17) is 9.47 Å². The van der Waals surface area contributed by atoms with Gasteiger partial charge < -0.3 is 29.3 Å². The smallest absolute Gasteiger partial charge is 0.224 e. The summed E-state index contributed by atoms with van der Waals surface area (Å²) in [5.74, 6) is 0.400. The highest BCUT2D eigenvalue weighted by Crippen LogP contribution is 2.09. The van der Waals surface area contributed by atoms with Crippen LogP contribution in [0.5, 0.6) is 0 Å². The number of nitrogens with zero attached hydrogens (tertiary/aromatic N) is 1. The number of ether oxygens (including phenoxy) is 2. The number of amides is 1. The number of benzene rings is 1. The zero-order valence-corrected chi connectivity index (χ0v) is 20.9. The number of carbonyl (C=O) groups is 4. The zero-order valence-electron chi connectivity index (χ0n) is 20.9. The SMILES string of the molecule is CC.CC(=O)CCOCCOCCC=O.CN1CCC1=O.CNc1ccc(CCC=O)cc1. The predicted molar refractivity (Wildman–Crippen MR) is 132 cm³/mol. The lowest BCUT2D eigenvalue weighted by Crippen LogP contribution is -2.39. The first kappa shape index (κ1) is 32.6. The third-order valence-corrected chi connectivity index (χ3v) is 4.23. The van der Waals surface area contributed by atoms with E-state index in [2.05, 4.69) is 5.32 Å². The van der Waals surface area contributed by atoms with Crippen LogP contribution in [0.15, 0.2) is 24.3 Å². The van der Waals surface area contributed by atoms with Gasteiger partial charge in [-0.3, -0.25) is 9.59 Å². The first-order valence-corrected chi connectivity index (χ1v) is 11.5. The Morgan fingerprint density at radius 1 is 1.00 bits per heavy atom. The molecule has 1 aromatic carbocycles. The average molecular weight is 467 g/mol. The number of nitrogens with one attached hydrogen (secondary N) is 1. The number of carbonyl (C=O) groups excluding carboxylic acids is 4. The molecule has 0 aliphatic carbocycles. The number of likely N-dealkylation sites (tertiary alicyclic amines) is 1. The maximum absolute atomic E-state index is 10.5. The van der Waals surface area contributed by atoms with Crippen molar-refractivity contribution in [3.8, 4) is 0 Å². The van der Waals surface area contributed by atoms with Gasteiger partial charge in [0.25, 0.3) is 0 Å². The molecule has 0 saturated carbocycles. The summed E-state index contributed by atoms with van der Waals surface area (Å²) in [6.07, 6.45) is 4.85. The number of hydrogen-bond donors (Lipinski definition) is 1. The summed E-state index contributed by atoms with van der Waals surface area (Å²) in [6, 6.07) is 8.10. The summed E-state index contributed by atoms with van der Waals surface area (Å²) >= 11 is 0. The van der Waals surface area contributed by atoms with Gasteiger partial charge in [-0.25, -0.2) is 0 Å². The number of rotatable bonds is 13. The fraction of sp³-hybridized carbons (Fsp3) is 0.600. The molecule has 188 valence electrons. The molecule has 8 nitrogen and oxygen atoms in total. The number of hydrogen-bond acceptors (Lipinski definition) is 7. The molecule has 33 heavy (non-hydrogen) atoms. The quantitative estimate of drug-likeness (QED) is 0.270. The summed E-state index contributed by atoms with van der Waals surface area (Å²) in [5.41, 5.74) is 2.31. The molecule has 2 rings (SSSR count). The van der Waals surface area contributed by atoms with Crippen molar-refractivity contribution in [3.63, 3.8) is 0 Å². The van der Waals surface area contributed by atoms with Crippen LogP contribution in [0, 0.1) is 0 Å². The minimum absolute atomic E-state index is 0.127. The molecule has 1 saturated heterocycles. The maximum atomic E-state index is 10.5.